The molecule has 0 spiro atoms. The third-order valence-corrected chi connectivity index (χ3v) is 5.78. The van der Waals surface area contributed by atoms with Gasteiger partial charge >= 0.3 is 0 Å². The number of sulfone groups is 1. The molecule has 120 valence electrons. The van der Waals surface area contributed by atoms with Crippen molar-refractivity contribution in [1.82, 2.24) is 0 Å². The van der Waals surface area contributed by atoms with Gasteiger partial charge in [0.05, 0.1) is 11.9 Å². The molecule has 0 unspecified atom stereocenters. The number of anilines is 1. The summed E-state index contributed by atoms with van der Waals surface area (Å²) in [5.41, 5.74) is 1.96. The molecule has 0 bridgehead atoms. The van der Waals surface area contributed by atoms with Crippen LogP contribution in [0.3, 0.4) is 0 Å². The lowest BCUT2D eigenvalue weighted by Gasteiger charge is -2.29. The van der Waals surface area contributed by atoms with Crippen molar-refractivity contribution in [3.63, 3.8) is 0 Å². The van der Waals surface area contributed by atoms with Gasteiger partial charge in [-0.05, 0) is 37.3 Å². The maximum atomic E-state index is 12.5. The molecule has 2 heterocycles. The average Bonchev–Trinajstić information content (AvgIpc) is 2.98. The Morgan fingerprint density at radius 3 is 2.86 bits per heavy atom. The van der Waals surface area contributed by atoms with Gasteiger partial charge in [-0.1, -0.05) is 18.2 Å². The fourth-order valence-electron chi connectivity index (χ4n) is 3.18. The molecule has 1 amide bonds. The second-order valence-corrected chi connectivity index (χ2v) is 8.08. The van der Waals surface area contributed by atoms with E-state index in [2.05, 4.69) is 0 Å². The Labute approximate surface area is 131 Å². The standard InChI is InChI=1S/C16H21NO4S/c18-16(12-22(19,20)11-14-7-4-10-21-14)17-9-3-6-13-5-1-2-8-15(13)17/h1-2,5,8,14H,3-4,6-7,9-12H2/t14-/m1/s1. The third-order valence-electron chi connectivity index (χ3n) is 4.22. The lowest BCUT2D eigenvalue weighted by molar-refractivity contribution is -0.116. The molecule has 0 aromatic heterocycles. The van der Waals surface area contributed by atoms with E-state index < -0.39 is 15.6 Å². The number of benzene rings is 1. The second kappa shape index (κ2) is 6.38. The van der Waals surface area contributed by atoms with Crippen LogP contribution in [0.5, 0.6) is 0 Å². The number of carbonyl (C=O) groups is 1. The smallest absolute Gasteiger partial charge is 0.242 e. The number of fused-ring (bicyclic) bond motifs is 1. The molecule has 0 saturated carbocycles. The maximum absolute atomic E-state index is 12.5. The lowest BCUT2D eigenvalue weighted by atomic mass is 10.0. The van der Waals surface area contributed by atoms with Gasteiger partial charge in [0.2, 0.25) is 5.91 Å². The zero-order chi connectivity index (χ0) is 15.6. The molecule has 2 aliphatic heterocycles. The minimum Gasteiger partial charge on any atom is -0.377 e. The van der Waals surface area contributed by atoms with Crippen molar-refractivity contribution >= 4 is 21.4 Å². The molecule has 22 heavy (non-hydrogen) atoms. The van der Waals surface area contributed by atoms with Gasteiger partial charge in [0.15, 0.2) is 9.84 Å². The molecule has 3 rings (SSSR count). The summed E-state index contributed by atoms with van der Waals surface area (Å²) in [5.74, 6) is -0.805. The summed E-state index contributed by atoms with van der Waals surface area (Å²) in [5, 5.41) is 0. The summed E-state index contributed by atoms with van der Waals surface area (Å²) < 4.78 is 29.8. The number of hydrogen-bond donors (Lipinski definition) is 0. The molecule has 6 heteroatoms. The van der Waals surface area contributed by atoms with Gasteiger partial charge in [-0.2, -0.15) is 0 Å². The summed E-state index contributed by atoms with van der Waals surface area (Å²) in [6.07, 6.45) is 3.22. The molecule has 1 saturated heterocycles. The van der Waals surface area contributed by atoms with Crippen LogP contribution < -0.4 is 4.90 Å². The first-order valence-electron chi connectivity index (χ1n) is 7.75. The molecule has 1 aromatic carbocycles. The highest BCUT2D eigenvalue weighted by molar-refractivity contribution is 7.92. The largest absolute Gasteiger partial charge is 0.377 e. The number of nitrogens with zero attached hydrogens (tertiary/aromatic N) is 1. The maximum Gasteiger partial charge on any atom is 0.242 e. The quantitative estimate of drug-likeness (QED) is 0.843. The van der Waals surface area contributed by atoms with Gasteiger partial charge in [-0.15, -0.1) is 0 Å². The number of carbonyl (C=O) groups excluding carboxylic acids is 1. The Bertz CT molecular complexity index is 650. The molecule has 5 nitrogen and oxygen atoms in total. The number of aryl methyl sites for hydroxylation is 1. The Balaban J connectivity index is 1.69. The van der Waals surface area contributed by atoms with Gasteiger partial charge in [0, 0.05) is 18.8 Å². The van der Waals surface area contributed by atoms with Crippen LogP contribution in [0.4, 0.5) is 5.69 Å². The van der Waals surface area contributed by atoms with Crippen LogP contribution in [0.15, 0.2) is 24.3 Å². The molecule has 0 aliphatic carbocycles. The number of rotatable bonds is 4. The highest BCUT2D eigenvalue weighted by atomic mass is 32.2. The van der Waals surface area contributed by atoms with Gasteiger partial charge < -0.3 is 9.64 Å². The molecular formula is C16H21NO4S. The van der Waals surface area contributed by atoms with Crippen LogP contribution >= 0.6 is 0 Å². The molecule has 0 radical (unpaired) electrons. The Morgan fingerprint density at radius 2 is 2.09 bits per heavy atom. The fourth-order valence-corrected chi connectivity index (χ4v) is 4.66. The van der Waals surface area contributed by atoms with E-state index in [1.165, 1.54) is 0 Å². The summed E-state index contributed by atoms with van der Waals surface area (Å²) in [6, 6.07) is 7.71. The van der Waals surface area contributed by atoms with E-state index >= 15 is 0 Å². The van der Waals surface area contributed by atoms with Crippen molar-refractivity contribution in [1.29, 1.82) is 0 Å². The van der Waals surface area contributed by atoms with Crippen molar-refractivity contribution in [2.75, 3.05) is 29.6 Å². The zero-order valence-corrected chi connectivity index (χ0v) is 13.3. The molecule has 2 aliphatic rings. The Morgan fingerprint density at radius 1 is 1.27 bits per heavy atom. The van der Waals surface area contributed by atoms with Crippen molar-refractivity contribution < 1.29 is 17.9 Å². The number of ether oxygens (including phenoxy) is 1. The van der Waals surface area contributed by atoms with Crippen LogP contribution in [-0.4, -0.2) is 45.1 Å². The molecule has 1 fully saturated rings. The number of amides is 1. The first kappa shape index (κ1) is 15.5. The van der Waals surface area contributed by atoms with E-state index in [1.807, 2.05) is 24.3 Å². The van der Waals surface area contributed by atoms with Crippen LogP contribution in [0, 0.1) is 0 Å². The topological polar surface area (TPSA) is 63.7 Å². The summed E-state index contributed by atoms with van der Waals surface area (Å²) in [6.45, 7) is 1.21. The van der Waals surface area contributed by atoms with E-state index in [4.69, 9.17) is 4.74 Å². The first-order chi connectivity index (χ1) is 10.6. The van der Waals surface area contributed by atoms with Crippen molar-refractivity contribution in [3.05, 3.63) is 29.8 Å². The molecule has 0 N–H and O–H groups in total. The van der Waals surface area contributed by atoms with E-state index in [1.54, 1.807) is 4.90 Å². The van der Waals surface area contributed by atoms with Crippen molar-refractivity contribution in [3.8, 4) is 0 Å². The van der Waals surface area contributed by atoms with Crippen molar-refractivity contribution in [2.45, 2.75) is 31.8 Å². The van der Waals surface area contributed by atoms with Crippen molar-refractivity contribution in [2.24, 2.45) is 0 Å². The predicted octanol–water partition coefficient (Wildman–Crippen LogP) is 1.56. The van der Waals surface area contributed by atoms with Gasteiger partial charge in [0.25, 0.3) is 0 Å². The second-order valence-electron chi connectivity index (χ2n) is 5.97. The first-order valence-corrected chi connectivity index (χ1v) is 9.57. The van der Waals surface area contributed by atoms with Crippen LogP contribution in [0.25, 0.3) is 0 Å². The van der Waals surface area contributed by atoms with Crippen LogP contribution in [0.2, 0.25) is 0 Å². The fraction of sp³-hybridized carbons (Fsp3) is 0.562. The summed E-state index contributed by atoms with van der Waals surface area (Å²) >= 11 is 0. The monoisotopic (exact) mass is 323 g/mol. The van der Waals surface area contributed by atoms with E-state index in [0.29, 0.717) is 13.2 Å². The normalized spacial score (nSPS) is 21.6. The minimum absolute atomic E-state index is 0.0474. The van der Waals surface area contributed by atoms with Gasteiger partial charge in [-0.25, -0.2) is 8.42 Å². The third kappa shape index (κ3) is 3.50. The van der Waals surface area contributed by atoms with Crippen LogP contribution in [0.1, 0.15) is 24.8 Å². The van der Waals surface area contributed by atoms with E-state index in [9.17, 15) is 13.2 Å². The minimum atomic E-state index is -3.43. The lowest BCUT2D eigenvalue weighted by Crippen LogP contribution is -2.40. The molecular weight excluding hydrogens is 302 g/mol. The predicted molar refractivity (Wildman–Crippen MR) is 84.7 cm³/mol. The summed E-state index contributed by atoms with van der Waals surface area (Å²) in [4.78, 5) is 14.1. The molecule has 1 atom stereocenters. The zero-order valence-electron chi connectivity index (χ0n) is 12.5. The Kier molecular flexibility index (Phi) is 4.49. The van der Waals surface area contributed by atoms with Gasteiger partial charge in [-0.3, -0.25) is 4.79 Å². The highest BCUT2D eigenvalue weighted by Crippen LogP contribution is 2.27. The highest BCUT2D eigenvalue weighted by Gasteiger charge is 2.29. The van der Waals surface area contributed by atoms with Gasteiger partial charge in [0.1, 0.15) is 5.75 Å². The summed E-state index contributed by atoms with van der Waals surface area (Å²) in [7, 11) is -3.43. The number of hydrogen-bond acceptors (Lipinski definition) is 4. The average molecular weight is 323 g/mol. The van der Waals surface area contributed by atoms with E-state index in [-0.39, 0.29) is 17.8 Å². The number of para-hydroxylation sites is 1. The SMILES string of the molecule is O=C(CS(=O)(=O)C[C@H]1CCCO1)N1CCCc2ccccc21. The molecule has 1 aromatic rings. The Hall–Kier alpha value is -1.40. The van der Waals surface area contributed by atoms with Crippen LogP contribution in [-0.2, 0) is 25.8 Å². The van der Waals surface area contributed by atoms with E-state index in [0.717, 1.165) is 36.9 Å².